The number of fused-ring (bicyclic) bond motifs is 1. The second-order valence-corrected chi connectivity index (χ2v) is 14.0. The number of likely N-dealkylation sites (N-methyl/N-ethyl adjacent to an activating group) is 1. The Morgan fingerprint density at radius 1 is 1.33 bits per heavy atom. The number of rotatable bonds is 7. The first kappa shape index (κ1) is 23.4. The average Bonchev–Trinajstić information content (AvgIpc) is 3.18. The maximum absolute atomic E-state index is 15.9. The van der Waals surface area contributed by atoms with E-state index in [0.29, 0.717) is 21.1 Å². The number of nitrogens with zero attached hydrogens (tertiary/aromatic N) is 2. The number of ketones is 1. The molecule has 9 heteroatoms. The van der Waals surface area contributed by atoms with Crippen molar-refractivity contribution in [1.29, 1.82) is 0 Å². The summed E-state index contributed by atoms with van der Waals surface area (Å²) in [5.74, 6) is -2.81. The van der Waals surface area contributed by atoms with Gasteiger partial charge in [-0.2, -0.15) is 0 Å². The van der Waals surface area contributed by atoms with E-state index in [-0.39, 0.29) is 24.2 Å². The van der Waals surface area contributed by atoms with Crippen LogP contribution in [-0.4, -0.2) is 93.9 Å². The second kappa shape index (κ2) is 8.04. The van der Waals surface area contributed by atoms with Crippen molar-refractivity contribution in [2.24, 2.45) is 23.0 Å². The van der Waals surface area contributed by atoms with Crippen molar-refractivity contribution in [3.63, 3.8) is 0 Å². The van der Waals surface area contributed by atoms with Gasteiger partial charge in [0.05, 0.1) is 0 Å². The van der Waals surface area contributed by atoms with E-state index in [2.05, 4.69) is 18.7 Å². The monoisotopic (exact) mass is 523 g/mol. The van der Waals surface area contributed by atoms with Gasteiger partial charge in [0.15, 0.2) is 0 Å². The SMILES string of the molecule is CCN(CC)CCN1/C(=C2\[C]3=[In][C](F)(CC3=O)C2(C)C(=O)O)C(C)C(C(N)=O)C1C. The van der Waals surface area contributed by atoms with E-state index >= 15 is 4.39 Å². The summed E-state index contributed by atoms with van der Waals surface area (Å²) in [6, 6.07) is -0.244. The van der Waals surface area contributed by atoms with Crippen LogP contribution in [-0.2, 0) is 14.4 Å². The Hall–Kier alpha value is -1.22. The minimum absolute atomic E-state index is 0.244. The first-order valence-electron chi connectivity index (χ1n) is 10.7. The number of halogens is 1. The molecule has 0 saturated carbocycles. The standard InChI is InChI=1S/C21H31FN3O4.In/c1-6-24(7-2)8-9-25-13(4)17(19(23)27)12(3)18(25)15-10-14(26)11-16(22)21(15,5)20(28)29;/h12-13,17H,6-9,11H2,1-5H3,(H2,23,27)(H,28,29);/b18-15+;. The Kier molecular flexibility index (Phi) is 6.28. The van der Waals surface area contributed by atoms with Gasteiger partial charge in [0.1, 0.15) is 0 Å². The third-order valence-corrected chi connectivity index (χ3v) is 13.6. The van der Waals surface area contributed by atoms with E-state index < -0.39 is 49.1 Å². The van der Waals surface area contributed by atoms with Crippen LogP contribution < -0.4 is 5.73 Å². The van der Waals surface area contributed by atoms with Crippen molar-refractivity contribution in [3.05, 3.63) is 11.3 Å². The Bertz CT molecular complexity index is 855. The fourth-order valence-electron chi connectivity index (χ4n) is 5.61. The zero-order chi connectivity index (χ0) is 22.6. The summed E-state index contributed by atoms with van der Waals surface area (Å²) in [5.41, 5.74) is 4.99. The van der Waals surface area contributed by atoms with Crippen molar-refractivity contribution in [3.8, 4) is 0 Å². The van der Waals surface area contributed by atoms with Gasteiger partial charge in [-0.05, 0) is 0 Å². The fraction of sp³-hybridized carbons (Fsp3) is 0.714. The zero-order valence-corrected chi connectivity index (χ0v) is 21.7. The topological polar surface area (TPSA) is 104 Å². The number of alkyl halides is 1. The molecule has 0 aliphatic carbocycles. The van der Waals surface area contributed by atoms with Gasteiger partial charge in [0.25, 0.3) is 0 Å². The van der Waals surface area contributed by atoms with E-state index in [1.807, 2.05) is 18.7 Å². The number of hydrogen-bond donors (Lipinski definition) is 2. The summed E-state index contributed by atoms with van der Waals surface area (Å²) in [6.45, 7) is 12.4. The van der Waals surface area contributed by atoms with Crippen LogP contribution in [0.15, 0.2) is 11.3 Å². The normalized spacial score (nSPS) is 37.7. The van der Waals surface area contributed by atoms with Gasteiger partial charge in [0, 0.05) is 0 Å². The predicted octanol–water partition coefficient (Wildman–Crippen LogP) is 0.644. The molecule has 0 radical (unpaired) electrons. The molecule has 3 N–H and O–H groups in total. The molecule has 1 amide bonds. The minimum atomic E-state index is -2.26. The molecule has 3 aliphatic heterocycles. The zero-order valence-electron chi connectivity index (χ0n) is 18.4. The summed E-state index contributed by atoms with van der Waals surface area (Å²) in [7, 11) is 0. The molecular weight excluding hydrogens is 492 g/mol. The molecule has 0 aromatic carbocycles. The number of carboxylic acid groups (broad SMARTS) is 1. The van der Waals surface area contributed by atoms with E-state index in [0.717, 1.165) is 19.6 Å². The van der Waals surface area contributed by atoms with Crippen LogP contribution in [0.4, 0.5) is 4.39 Å². The van der Waals surface area contributed by atoms with Gasteiger partial charge in [-0.1, -0.05) is 0 Å². The van der Waals surface area contributed by atoms with Crippen LogP contribution >= 0.6 is 0 Å². The third kappa shape index (κ3) is 3.18. The van der Waals surface area contributed by atoms with Gasteiger partial charge in [-0.3, -0.25) is 0 Å². The number of likely N-dealkylation sites (tertiary alicyclic amines) is 1. The number of allylic oxidation sites excluding steroid dienone is 1. The van der Waals surface area contributed by atoms with Crippen molar-refractivity contribution < 1.29 is 23.9 Å². The summed E-state index contributed by atoms with van der Waals surface area (Å²) in [6.07, 6.45) is -0.314. The van der Waals surface area contributed by atoms with Gasteiger partial charge in [-0.15, -0.1) is 0 Å². The first-order chi connectivity index (χ1) is 13.9. The van der Waals surface area contributed by atoms with Crippen LogP contribution in [0.3, 0.4) is 0 Å². The molecule has 1 saturated heterocycles. The van der Waals surface area contributed by atoms with E-state index in [4.69, 9.17) is 5.73 Å². The molecule has 3 rings (SSSR count). The Balaban J connectivity index is 2.18. The number of carboxylic acids is 1. The van der Waals surface area contributed by atoms with Gasteiger partial charge in [0.2, 0.25) is 0 Å². The molecule has 7 nitrogen and oxygen atoms in total. The summed E-state index contributed by atoms with van der Waals surface area (Å²) < 4.78 is 14.4. The molecular formula is C21H31FInN3O4. The van der Waals surface area contributed by atoms with E-state index in [1.165, 1.54) is 6.92 Å². The summed E-state index contributed by atoms with van der Waals surface area (Å²) >= 11 is -2.26. The molecule has 5 unspecified atom stereocenters. The van der Waals surface area contributed by atoms with E-state index in [9.17, 15) is 19.5 Å². The van der Waals surface area contributed by atoms with Crippen LogP contribution in [0, 0.1) is 17.3 Å². The Labute approximate surface area is 187 Å². The molecule has 3 heterocycles. The van der Waals surface area contributed by atoms with Crippen LogP contribution in [0.2, 0.25) is 0 Å². The number of carbonyl (C=O) groups is 3. The van der Waals surface area contributed by atoms with Crippen LogP contribution in [0.1, 0.15) is 41.0 Å². The molecule has 5 atom stereocenters. The van der Waals surface area contributed by atoms with Gasteiger partial charge < -0.3 is 0 Å². The van der Waals surface area contributed by atoms with Crippen molar-refractivity contribution in [2.45, 2.75) is 50.5 Å². The van der Waals surface area contributed by atoms with Gasteiger partial charge >= 0.3 is 188 Å². The molecule has 2 bridgehead atoms. The van der Waals surface area contributed by atoms with Crippen molar-refractivity contribution >= 4 is 43.3 Å². The molecule has 3 aliphatic rings. The summed E-state index contributed by atoms with van der Waals surface area (Å²) in [5, 5.41) is 10.1. The number of nitrogens with two attached hydrogens (primary N) is 1. The molecule has 164 valence electrons. The number of carbonyl (C=O) groups excluding carboxylic acids is 2. The fourth-order valence-corrected chi connectivity index (χ4v) is 11.7. The molecule has 0 spiro atoms. The first-order valence-corrected chi connectivity index (χ1v) is 14.0. The number of Topliss-reactive ketones (excluding diaryl/α,β-unsaturated/α-hetero) is 1. The molecule has 30 heavy (non-hydrogen) atoms. The predicted molar refractivity (Wildman–Crippen MR) is 113 cm³/mol. The molecule has 1 fully saturated rings. The second-order valence-electron chi connectivity index (χ2n) is 8.89. The Morgan fingerprint density at radius 3 is 2.43 bits per heavy atom. The third-order valence-electron chi connectivity index (χ3n) is 7.55. The number of primary amides is 1. The number of aliphatic carboxylic acids is 1. The number of hydrogen-bond acceptors (Lipinski definition) is 5. The van der Waals surface area contributed by atoms with Crippen molar-refractivity contribution in [1.82, 2.24) is 9.80 Å². The molecule has 0 aromatic heterocycles. The van der Waals surface area contributed by atoms with Crippen LogP contribution in [0.5, 0.6) is 0 Å². The van der Waals surface area contributed by atoms with Crippen molar-refractivity contribution in [2.75, 3.05) is 26.2 Å². The Morgan fingerprint density at radius 2 is 1.93 bits per heavy atom. The average molecular weight is 523 g/mol. The molecule has 0 aromatic rings. The van der Waals surface area contributed by atoms with Crippen LogP contribution in [0.25, 0.3) is 0 Å². The van der Waals surface area contributed by atoms with E-state index in [1.54, 1.807) is 0 Å². The maximum atomic E-state index is 15.9. The summed E-state index contributed by atoms with van der Waals surface area (Å²) in [4.78, 5) is 41.5. The quantitative estimate of drug-likeness (QED) is 0.508. The number of amides is 1. The van der Waals surface area contributed by atoms with Gasteiger partial charge in [-0.25, -0.2) is 0 Å².